The second kappa shape index (κ2) is 8.77. The van der Waals surface area contributed by atoms with Crippen LogP contribution in [0.3, 0.4) is 0 Å². The number of benzene rings is 3. The highest BCUT2D eigenvalue weighted by atomic mass is 19.2. The van der Waals surface area contributed by atoms with Crippen LogP contribution in [0.4, 0.5) is 13.2 Å². The molecular weight excluding hydrogens is 477 g/mol. The molecule has 0 amide bonds. The van der Waals surface area contributed by atoms with Gasteiger partial charge >= 0.3 is 11.3 Å². The fourth-order valence-corrected chi connectivity index (χ4v) is 4.06. The molecule has 2 N–H and O–H groups in total. The zero-order chi connectivity index (χ0) is 25.6. The summed E-state index contributed by atoms with van der Waals surface area (Å²) in [6.45, 7) is 0. The molecule has 0 bridgehead atoms. The summed E-state index contributed by atoms with van der Waals surface area (Å²) < 4.78 is 51.5. The maximum absolute atomic E-state index is 13.8. The molecule has 2 aromatic heterocycles. The van der Waals surface area contributed by atoms with Gasteiger partial charge in [0.1, 0.15) is 22.7 Å². The summed E-state index contributed by atoms with van der Waals surface area (Å²) >= 11 is 0. The number of para-hydroxylation sites is 2. The second-order valence-electron chi connectivity index (χ2n) is 7.93. The van der Waals surface area contributed by atoms with Crippen molar-refractivity contribution < 1.29 is 32.2 Å². The molecule has 0 saturated carbocycles. The lowest BCUT2D eigenvalue weighted by atomic mass is 9.89. The van der Waals surface area contributed by atoms with Gasteiger partial charge in [-0.15, -0.1) is 0 Å². The van der Waals surface area contributed by atoms with Crippen molar-refractivity contribution in [1.29, 1.82) is 0 Å². The Bertz CT molecular complexity index is 1680. The number of allylic oxidation sites excluding steroid dienone is 1. The Kier molecular flexibility index (Phi) is 5.60. The minimum atomic E-state index is -1.66. The molecular formula is C27H15F3O6. The van der Waals surface area contributed by atoms with Crippen LogP contribution in [0.25, 0.3) is 28.0 Å². The SMILES string of the molecule is O=c1oc2ccccc2c(O)c1C(C=Cc1cc(F)c(F)c(F)c1)c1c(O)c2ccccc2oc1=O. The monoisotopic (exact) mass is 492 g/mol. The summed E-state index contributed by atoms with van der Waals surface area (Å²) in [5.41, 5.74) is -2.90. The van der Waals surface area contributed by atoms with Gasteiger partial charge in [-0.25, -0.2) is 22.8 Å². The van der Waals surface area contributed by atoms with Gasteiger partial charge in [-0.3, -0.25) is 0 Å². The van der Waals surface area contributed by atoms with Crippen LogP contribution in [-0.2, 0) is 0 Å². The summed E-state index contributed by atoms with van der Waals surface area (Å²) in [6.07, 6.45) is 2.26. The van der Waals surface area contributed by atoms with E-state index in [4.69, 9.17) is 8.83 Å². The number of hydrogen-bond acceptors (Lipinski definition) is 6. The quantitative estimate of drug-likeness (QED) is 0.251. The van der Waals surface area contributed by atoms with Gasteiger partial charge in [0, 0.05) is 5.92 Å². The van der Waals surface area contributed by atoms with E-state index >= 15 is 0 Å². The first kappa shape index (κ1) is 23.0. The molecule has 0 unspecified atom stereocenters. The zero-order valence-electron chi connectivity index (χ0n) is 18.2. The maximum atomic E-state index is 13.8. The zero-order valence-corrected chi connectivity index (χ0v) is 18.2. The summed E-state index contributed by atoms with van der Waals surface area (Å²) in [5.74, 6) is -7.10. The molecule has 180 valence electrons. The van der Waals surface area contributed by atoms with Crippen LogP contribution < -0.4 is 11.3 Å². The fourth-order valence-electron chi connectivity index (χ4n) is 4.06. The van der Waals surface area contributed by atoms with Gasteiger partial charge in [-0.2, -0.15) is 0 Å². The summed E-state index contributed by atoms with van der Waals surface area (Å²) in [5, 5.41) is 22.3. The van der Waals surface area contributed by atoms with Crippen molar-refractivity contribution in [1.82, 2.24) is 0 Å². The summed E-state index contributed by atoms with van der Waals surface area (Å²) in [4.78, 5) is 25.9. The van der Waals surface area contributed by atoms with Crippen molar-refractivity contribution in [3.8, 4) is 11.5 Å². The molecule has 0 aliphatic carbocycles. The van der Waals surface area contributed by atoms with Crippen molar-refractivity contribution in [3.05, 3.63) is 122 Å². The highest BCUT2D eigenvalue weighted by molar-refractivity contribution is 5.86. The molecule has 0 saturated heterocycles. The number of aromatic hydroxyl groups is 2. The molecule has 0 spiro atoms. The van der Waals surface area contributed by atoms with Crippen LogP contribution in [0, 0.1) is 17.5 Å². The average molecular weight is 492 g/mol. The molecule has 5 aromatic rings. The Morgan fingerprint density at radius 1 is 0.722 bits per heavy atom. The van der Waals surface area contributed by atoms with Gasteiger partial charge in [-0.1, -0.05) is 36.4 Å². The van der Waals surface area contributed by atoms with Gasteiger partial charge in [0.2, 0.25) is 0 Å². The van der Waals surface area contributed by atoms with E-state index in [-0.39, 0.29) is 27.5 Å². The first-order valence-electron chi connectivity index (χ1n) is 10.6. The Morgan fingerprint density at radius 3 is 1.64 bits per heavy atom. The molecule has 3 aromatic carbocycles. The summed E-state index contributed by atoms with van der Waals surface area (Å²) in [6, 6.07) is 13.6. The third-order valence-electron chi connectivity index (χ3n) is 5.75. The highest BCUT2D eigenvalue weighted by Crippen LogP contribution is 2.39. The highest BCUT2D eigenvalue weighted by Gasteiger charge is 2.29. The van der Waals surface area contributed by atoms with Crippen molar-refractivity contribution >= 4 is 28.0 Å². The first-order valence-corrected chi connectivity index (χ1v) is 10.6. The molecule has 2 heterocycles. The van der Waals surface area contributed by atoms with Crippen LogP contribution >= 0.6 is 0 Å². The van der Waals surface area contributed by atoms with E-state index in [1.807, 2.05) is 0 Å². The molecule has 36 heavy (non-hydrogen) atoms. The average Bonchev–Trinajstić information content (AvgIpc) is 2.85. The van der Waals surface area contributed by atoms with Gasteiger partial charge < -0.3 is 19.0 Å². The standard InChI is InChI=1S/C27H15F3O6/c28-17-11-13(12-18(29)23(17)30)9-10-16(21-24(31)14-5-1-3-7-19(14)35-26(21)33)22-25(32)15-6-2-4-8-20(15)36-27(22)34/h1-12,16,31-32H. The second-order valence-corrected chi connectivity index (χ2v) is 7.93. The van der Waals surface area contributed by atoms with Crippen LogP contribution in [0.1, 0.15) is 22.6 Å². The normalized spacial score (nSPS) is 11.8. The number of halogens is 3. The molecule has 9 heteroatoms. The van der Waals surface area contributed by atoms with Crippen molar-refractivity contribution in [2.24, 2.45) is 0 Å². The lowest BCUT2D eigenvalue weighted by Crippen LogP contribution is -2.19. The van der Waals surface area contributed by atoms with Crippen molar-refractivity contribution in [3.63, 3.8) is 0 Å². The van der Waals surface area contributed by atoms with E-state index < -0.39 is 57.2 Å². The third-order valence-corrected chi connectivity index (χ3v) is 5.75. The lowest BCUT2D eigenvalue weighted by molar-refractivity contribution is 0.442. The minimum absolute atomic E-state index is 0.0731. The van der Waals surface area contributed by atoms with Crippen LogP contribution in [0.5, 0.6) is 11.5 Å². The largest absolute Gasteiger partial charge is 0.507 e. The molecule has 0 aliphatic rings. The van der Waals surface area contributed by atoms with E-state index in [2.05, 4.69) is 0 Å². The van der Waals surface area contributed by atoms with E-state index in [1.54, 1.807) is 24.3 Å². The number of hydrogen-bond donors (Lipinski definition) is 2. The van der Waals surface area contributed by atoms with E-state index in [0.717, 1.165) is 12.2 Å². The van der Waals surface area contributed by atoms with Crippen LogP contribution in [0.15, 0.2) is 85.2 Å². The number of fused-ring (bicyclic) bond motifs is 2. The van der Waals surface area contributed by atoms with Crippen LogP contribution in [0.2, 0.25) is 0 Å². The maximum Gasteiger partial charge on any atom is 0.344 e. The Balaban J connectivity index is 1.81. The predicted molar refractivity (Wildman–Crippen MR) is 125 cm³/mol. The third kappa shape index (κ3) is 3.80. The molecule has 0 aliphatic heterocycles. The molecule has 6 nitrogen and oxygen atoms in total. The molecule has 5 rings (SSSR count). The smallest absolute Gasteiger partial charge is 0.344 e. The Morgan fingerprint density at radius 2 is 1.17 bits per heavy atom. The van der Waals surface area contributed by atoms with Crippen molar-refractivity contribution in [2.45, 2.75) is 5.92 Å². The first-order chi connectivity index (χ1) is 17.3. The topological polar surface area (TPSA) is 101 Å². The Labute approximate surface area is 199 Å². The predicted octanol–water partition coefficient (Wildman–Crippen LogP) is 5.57. The molecule has 0 fully saturated rings. The van der Waals surface area contributed by atoms with Crippen LogP contribution in [-0.4, -0.2) is 10.2 Å². The van der Waals surface area contributed by atoms with Gasteiger partial charge in [0.05, 0.1) is 21.9 Å². The lowest BCUT2D eigenvalue weighted by Gasteiger charge is -2.16. The van der Waals surface area contributed by atoms with E-state index in [1.165, 1.54) is 24.3 Å². The van der Waals surface area contributed by atoms with Gasteiger partial charge in [0.15, 0.2) is 17.5 Å². The van der Waals surface area contributed by atoms with Gasteiger partial charge in [-0.05, 0) is 42.0 Å². The molecule has 0 radical (unpaired) electrons. The molecule has 0 atom stereocenters. The van der Waals surface area contributed by atoms with E-state index in [0.29, 0.717) is 12.1 Å². The minimum Gasteiger partial charge on any atom is -0.507 e. The van der Waals surface area contributed by atoms with E-state index in [9.17, 15) is 33.0 Å². The fraction of sp³-hybridized carbons (Fsp3) is 0.0370. The van der Waals surface area contributed by atoms with Gasteiger partial charge in [0.25, 0.3) is 0 Å². The number of rotatable bonds is 4. The van der Waals surface area contributed by atoms with Crippen molar-refractivity contribution in [2.75, 3.05) is 0 Å². The summed E-state index contributed by atoms with van der Waals surface area (Å²) in [7, 11) is 0. The Hall–Kier alpha value is -4.79.